The van der Waals surface area contributed by atoms with Crippen molar-refractivity contribution in [2.45, 2.75) is 49.0 Å². The van der Waals surface area contributed by atoms with E-state index in [1.165, 1.54) is 23.5 Å². The average molecular weight is 381 g/mol. The molecule has 2 atom stereocenters. The number of esters is 1. The first-order chi connectivity index (χ1) is 12.2. The molecule has 2 fully saturated rings. The van der Waals surface area contributed by atoms with Crippen molar-refractivity contribution in [1.29, 1.82) is 0 Å². The number of carbonyl (C=O) groups is 2. The van der Waals surface area contributed by atoms with Gasteiger partial charge in [-0.2, -0.15) is 4.31 Å². The first kappa shape index (κ1) is 18.8. The smallest absolute Gasteiger partial charge is 0.316 e. The molecule has 1 N–H and O–H groups in total. The highest BCUT2D eigenvalue weighted by Gasteiger charge is 2.52. The fourth-order valence-corrected chi connectivity index (χ4v) is 5.33. The lowest BCUT2D eigenvalue weighted by molar-refractivity contribution is -0.144. The Morgan fingerprint density at radius 2 is 1.81 bits per heavy atom. The van der Waals surface area contributed by atoms with E-state index in [9.17, 15) is 23.1 Å². The number of sulfonamides is 1. The minimum Gasteiger partial charge on any atom is -0.481 e. The van der Waals surface area contributed by atoms with Crippen molar-refractivity contribution in [1.82, 2.24) is 4.31 Å². The number of benzene rings is 1. The summed E-state index contributed by atoms with van der Waals surface area (Å²) in [5.41, 5.74) is 0.0996. The Kier molecular flexibility index (Phi) is 4.83. The summed E-state index contributed by atoms with van der Waals surface area (Å²) in [6, 6.07) is 6.04. The van der Waals surface area contributed by atoms with Gasteiger partial charge in [0.25, 0.3) is 0 Å². The highest BCUT2D eigenvalue weighted by atomic mass is 32.2. The van der Waals surface area contributed by atoms with Gasteiger partial charge in [0.2, 0.25) is 10.0 Å². The van der Waals surface area contributed by atoms with Gasteiger partial charge in [0, 0.05) is 12.6 Å². The number of methoxy groups -OCH3 is 1. The Balaban J connectivity index is 1.86. The molecule has 0 bridgehead atoms. The van der Waals surface area contributed by atoms with E-state index in [0.717, 1.165) is 5.56 Å². The number of carboxylic acid groups (broad SMARTS) is 1. The van der Waals surface area contributed by atoms with Crippen LogP contribution in [-0.2, 0) is 29.8 Å². The molecule has 1 aliphatic heterocycles. The maximum atomic E-state index is 13.0. The van der Waals surface area contributed by atoms with E-state index in [1.807, 2.05) is 0 Å². The van der Waals surface area contributed by atoms with Gasteiger partial charge in [0.1, 0.15) is 0 Å². The van der Waals surface area contributed by atoms with Crippen molar-refractivity contribution >= 4 is 22.0 Å². The van der Waals surface area contributed by atoms with Gasteiger partial charge in [-0.25, -0.2) is 8.42 Å². The van der Waals surface area contributed by atoms with Crippen molar-refractivity contribution in [2.24, 2.45) is 5.92 Å². The second-order valence-electron chi connectivity index (χ2n) is 7.13. The molecule has 1 aliphatic carbocycles. The molecule has 1 heterocycles. The number of aliphatic carboxylic acids is 1. The fourth-order valence-electron chi connectivity index (χ4n) is 3.62. The predicted molar refractivity (Wildman–Crippen MR) is 93.1 cm³/mol. The second-order valence-corrected chi connectivity index (χ2v) is 9.02. The van der Waals surface area contributed by atoms with Crippen molar-refractivity contribution in [2.75, 3.05) is 13.7 Å². The molecule has 8 heteroatoms. The Labute approximate surface area is 153 Å². The summed E-state index contributed by atoms with van der Waals surface area (Å²) in [6.45, 7) is 1.77. The van der Waals surface area contributed by atoms with Crippen LogP contribution in [0.4, 0.5) is 0 Å². The van der Waals surface area contributed by atoms with Crippen LogP contribution < -0.4 is 0 Å². The fraction of sp³-hybridized carbons (Fsp3) is 0.556. The van der Waals surface area contributed by atoms with Gasteiger partial charge in [-0.1, -0.05) is 12.1 Å². The minimum absolute atomic E-state index is 0.0211. The lowest BCUT2D eigenvalue weighted by Gasteiger charge is -2.35. The largest absolute Gasteiger partial charge is 0.481 e. The second kappa shape index (κ2) is 6.66. The van der Waals surface area contributed by atoms with Crippen LogP contribution in [0.2, 0.25) is 0 Å². The molecule has 0 aromatic heterocycles. The van der Waals surface area contributed by atoms with Crippen LogP contribution in [0.3, 0.4) is 0 Å². The van der Waals surface area contributed by atoms with Crippen molar-refractivity contribution < 1.29 is 27.9 Å². The molecule has 2 unspecified atom stereocenters. The van der Waals surface area contributed by atoms with E-state index in [2.05, 4.69) is 0 Å². The SMILES string of the molecule is COC(=O)C1(c2ccc(S(=O)(=O)N3CC(C(=O)O)CCC3C)cc2)CC1. The van der Waals surface area contributed by atoms with Gasteiger partial charge in [0.05, 0.1) is 23.3 Å². The monoisotopic (exact) mass is 381 g/mol. The van der Waals surface area contributed by atoms with Crippen LogP contribution in [0.15, 0.2) is 29.2 Å². The zero-order valence-corrected chi connectivity index (χ0v) is 15.7. The van der Waals surface area contributed by atoms with Crippen LogP contribution in [0.1, 0.15) is 38.2 Å². The summed E-state index contributed by atoms with van der Waals surface area (Å²) in [6.07, 6.45) is 2.37. The molecule has 26 heavy (non-hydrogen) atoms. The van der Waals surface area contributed by atoms with Gasteiger partial charge in [-0.15, -0.1) is 0 Å². The molecule has 0 spiro atoms. The standard InChI is InChI=1S/C18H23NO6S/c1-12-3-4-13(16(20)21)11-19(12)26(23,24)15-7-5-14(6-8-15)18(9-10-18)17(22)25-2/h5-8,12-13H,3-4,9-11H2,1-2H3,(H,20,21). The number of ether oxygens (including phenoxy) is 1. The summed E-state index contributed by atoms with van der Waals surface area (Å²) in [7, 11) is -2.45. The lowest BCUT2D eigenvalue weighted by Crippen LogP contribution is -2.47. The molecule has 7 nitrogen and oxygen atoms in total. The number of piperidine rings is 1. The van der Waals surface area contributed by atoms with Gasteiger partial charge in [-0.05, 0) is 50.3 Å². The third-order valence-electron chi connectivity index (χ3n) is 5.51. The summed E-state index contributed by atoms with van der Waals surface area (Å²) in [5.74, 6) is -1.96. The van der Waals surface area contributed by atoms with Gasteiger partial charge >= 0.3 is 11.9 Å². The zero-order valence-electron chi connectivity index (χ0n) is 14.8. The Bertz CT molecular complexity index is 813. The predicted octanol–water partition coefficient (Wildman–Crippen LogP) is 1.76. The quantitative estimate of drug-likeness (QED) is 0.780. The summed E-state index contributed by atoms with van der Waals surface area (Å²) < 4.78 is 32.1. The summed E-state index contributed by atoms with van der Waals surface area (Å²) in [4.78, 5) is 23.3. The number of carboxylic acids is 1. The van der Waals surface area contributed by atoms with E-state index in [-0.39, 0.29) is 23.5 Å². The van der Waals surface area contributed by atoms with Crippen molar-refractivity contribution in [3.8, 4) is 0 Å². The van der Waals surface area contributed by atoms with Gasteiger partial charge < -0.3 is 9.84 Å². The third-order valence-corrected chi connectivity index (χ3v) is 7.51. The van der Waals surface area contributed by atoms with Crippen LogP contribution in [0, 0.1) is 5.92 Å². The van der Waals surface area contributed by atoms with Gasteiger partial charge in [-0.3, -0.25) is 9.59 Å². The molecule has 3 rings (SSSR count). The summed E-state index contributed by atoms with van der Waals surface area (Å²) in [5, 5.41) is 9.22. The molecule has 142 valence electrons. The van der Waals surface area contributed by atoms with Crippen LogP contribution in [-0.4, -0.2) is 49.5 Å². The van der Waals surface area contributed by atoms with Crippen molar-refractivity contribution in [3.05, 3.63) is 29.8 Å². The number of nitrogens with zero attached hydrogens (tertiary/aromatic N) is 1. The Morgan fingerprint density at radius 1 is 1.19 bits per heavy atom. The molecular formula is C18H23NO6S. The maximum absolute atomic E-state index is 13.0. The summed E-state index contributed by atoms with van der Waals surface area (Å²) >= 11 is 0. The van der Waals surface area contributed by atoms with Gasteiger partial charge in [0.15, 0.2) is 0 Å². The van der Waals surface area contributed by atoms with E-state index in [0.29, 0.717) is 25.7 Å². The lowest BCUT2D eigenvalue weighted by atomic mass is 9.96. The normalized spacial score (nSPS) is 25.5. The Hall–Kier alpha value is -1.93. The first-order valence-corrected chi connectivity index (χ1v) is 10.1. The van der Waals surface area contributed by atoms with E-state index < -0.39 is 27.3 Å². The first-order valence-electron chi connectivity index (χ1n) is 8.66. The topological polar surface area (TPSA) is 101 Å². The van der Waals surface area contributed by atoms with Crippen molar-refractivity contribution in [3.63, 3.8) is 0 Å². The maximum Gasteiger partial charge on any atom is 0.316 e. The van der Waals surface area contributed by atoms with Crippen LogP contribution in [0.5, 0.6) is 0 Å². The van der Waals surface area contributed by atoms with E-state index in [1.54, 1.807) is 19.1 Å². The van der Waals surface area contributed by atoms with E-state index in [4.69, 9.17) is 4.74 Å². The number of hydrogen-bond acceptors (Lipinski definition) is 5. The molecule has 2 aliphatic rings. The van der Waals surface area contributed by atoms with E-state index >= 15 is 0 Å². The number of carbonyl (C=O) groups excluding carboxylic acids is 1. The van der Waals surface area contributed by atoms with Crippen LogP contribution >= 0.6 is 0 Å². The highest BCUT2D eigenvalue weighted by Crippen LogP contribution is 2.49. The third kappa shape index (κ3) is 3.12. The molecule has 0 radical (unpaired) electrons. The van der Waals surface area contributed by atoms with Crippen LogP contribution in [0.25, 0.3) is 0 Å². The zero-order chi connectivity index (χ0) is 19.1. The molecule has 1 saturated heterocycles. The molecule has 1 saturated carbocycles. The number of hydrogen-bond donors (Lipinski definition) is 1. The highest BCUT2D eigenvalue weighted by molar-refractivity contribution is 7.89. The number of rotatable bonds is 5. The molecule has 1 aromatic carbocycles. The molecule has 0 amide bonds. The Morgan fingerprint density at radius 3 is 2.31 bits per heavy atom. The molecule has 1 aromatic rings. The average Bonchev–Trinajstić information content (AvgIpc) is 3.43. The minimum atomic E-state index is -3.79. The molecular weight excluding hydrogens is 358 g/mol.